The Bertz CT molecular complexity index is 569. The predicted octanol–water partition coefficient (Wildman–Crippen LogP) is 2.71. The number of fused-ring (bicyclic) bond motifs is 1. The Labute approximate surface area is 151 Å². The maximum absolute atomic E-state index is 12.8. The Kier molecular flexibility index (Phi) is 6.56. The fourth-order valence-electron chi connectivity index (χ4n) is 3.12. The fraction of sp³-hybridized carbons (Fsp3) is 0.562. The number of rotatable bonds is 3. The number of halogens is 2. The molecular weight excluding hydrogens is 384 g/mol. The van der Waals surface area contributed by atoms with Crippen LogP contribution in [0.15, 0.2) is 16.6 Å². The molecule has 23 heavy (non-hydrogen) atoms. The zero-order chi connectivity index (χ0) is 15.5. The van der Waals surface area contributed by atoms with Gasteiger partial charge in [-0.05, 0) is 60.4 Å². The molecular formula is C16H22BrClN2O3. The molecule has 1 fully saturated rings. The quantitative estimate of drug-likeness (QED) is 0.840. The third kappa shape index (κ3) is 4.11. The number of nitrogens with one attached hydrogen (secondary N) is 1. The first-order valence-electron chi connectivity index (χ1n) is 7.72. The largest absolute Gasteiger partial charge is 0.486 e. The number of benzene rings is 1. The first kappa shape index (κ1) is 18.4. The third-order valence-corrected chi connectivity index (χ3v) is 4.73. The van der Waals surface area contributed by atoms with E-state index in [4.69, 9.17) is 9.47 Å². The van der Waals surface area contributed by atoms with E-state index in [2.05, 4.69) is 21.2 Å². The highest BCUT2D eigenvalue weighted by atomic mass is 79.9. The van der Waals surface area contributed by atoms with E-state index in [1.807, 2.05) is 18.0 Å². The summed E-state index contributed by atoms with van der Waals surface area (Å²) in [6, 6.07) is 3.63. The van der Waals surface area contributed by atoms with Gasteiger partial charge < -0.3 is 19.7 Å². The van der Waals surface area contributed by atoms with E-state index in [0.29, 0.717) is 36.2 Å². The maximum Gasteiger partial charge on any atom is 0.254 e. The van der Waals surface area contributed by atoms with Gasteiger partial charge in [0.05, 0.1) is 4.47 Å². The molecule has 0 aliphatic carbocycles. The molecule has 0 radical (unpaired) electrons. The molecule has 1 aromatic rings. The van der Waals surface area contributed by atoms with Crippen LogP contribution in [0, 0.1) is 5.92 Å². The van der Waals surface area contributed by atoms with Gasteiger partial charge in [-0.2, -0.15) is 0 Å². The molecule has 1 amide bonds. The number of carbonyl (C=O) groups excluding carboxylic acids is 1. The van der Waals surface area contributed by atoms with Crippen LogP contribution in [0.5, 0.6) is 11.5 Å². The summed E-state index contributed by atoms with van der Waals surface area (Å²) in [5, 5.41) is 3.20. The minimum Gasteiger partial charge on any atom is -0.486 e. The minimum absolute atomic E-state index is 0. The first-order chi connectivity index (χ1) is 10.7. The van der Waals surface area contributed by atoms with E-state index in [1.54, 1.807) is 6.07 Å². The van der Waals surface area contributed by atoms with Crippen molar-refractivity contribution in [1.82, 2.24) is 10.2 Å². The average molecular weight is 406 g/mol. The molecule has 5 nitrogen and oxygen atoms in total. The fourth-order valence-corrected chi connectivity index (χ4v) is 3.68. The van der Waals surface area contributed by atoms with Gasteiger partial charge >= 0.3 is 0 Å². The van der Waals surface area contributed by atoms with Crippen molar-refractivity contribution in [2.45, 2.75) is 12.8 Å². The molecule has 1 N–H and O–H groups in total. The van der Waals surface area contributed by atoms with E-state index in [9.17, 15) is 4.79 Å². The number of carbonyl (C=O) groups is 1. The molecule has 7 heteroatoms. The van der Waals surface area contributed by atoms with Crippen LogP contribution in [0.4, 0.5) is 0 Å². The number of ether oxygens (including phenoxy) is 2. The van der Waals surface area contributed by atoms with Crippen LogP contribution in [-0.4, -0.2) is 50.7 Å². The van der Waals surface area contributed by atoms with Crippen LogP contribution in [0.3, 0.4) is 0 Å². The predicted molar refractivity (Wildman–Crippen MR) is 94.9 cm³/mol. The van der Waals surface area contributed by atoms with Crippen LogP contribution in [0.25, 0.3) is 0 Å². The van der Waals surface area contributed by atoms with E-state index >= 15 is 0 Å². The SMILES string of the molecule is CNCC1CCCN(C(=O)c2cc(Br)c3c(c2)OCCO3)C1.Cl. The molecule has 1 atom stereocenters. The van der Waals surface area contributed by atoms with Crippen LogP contribution >= 0.6 is 28.3 Å². The highest BCUT2D eigenvalue weighted by Crippen LogP contribution is 2.39. The highest BCUT2D eigenvalue weighted by molar-refractivity contribution is 9.10. The lowest BCUT2D eigenvalue weighted by atomic mass is 9.97. The van der Waals surface area contributed by atoms with Gasteiger partial charge in [-0.15, -0.1) is 12.4 Å². The zero-order valence-electron chi connectivity index (χ0n) is 13.1. The summed E-state index contributed by atoms with van der Waals surface area (Å²) in [4.78, 5) is 14.7. The molecule has 0 spiro atoms. The van der Waals surface area contributed by atoms with E-state index in [1.165, 1.54) is 6.42 Å². The summed E-state index contributed by atoms with van der Waals surface area (Å²) < 4.78 is 12.0. The van der Waals surface area contributed by atoms with Crippen molar-refractivity contribution < 1.29 is 14.3 Å². The first-order valence-corrected chi connectivity index (χ1v) is 8.51. The van der Waals surface area contributed by atoms with E-state index in [0.717, 1.165) is 30.5 Å². The smallest absolute Gasteiger partial charge is 0.254 e. The van der Waals surface area contributed by atoms with Gasteiger partial charge in [0.25, 0.3) is 5.91 Å². The average Bonchev–Trinajstić information content (AvgIpc) is 2.55. The Morgan fingerprint density at radius 1 is 1.39 bits per heavy atom. The van der Waals surface area contributed by atoms with Crippen molar-refractivity contribution in [3.63, 3.8) is 0 Å². The van der Waals surface area contributed by atoms with Crippen LogP contribution in [0.2, 0.25) is 0 Å². The number of nitrogens with zero attached hydrogens (tertiary/aromatic N) is 1. The normalized spacial score (nSPS) is 19.9. The second kappa shape index (κ2) is 8.22. The summed E-state index contributed by atoms with van der Waals surface area (Å²) in [7, 11) is 1.96. The Morgan fingerprint density at radius 3 is 2.96 bits per heavy atom. The number of likely N-dealkylation sites (tertiary alicyclic amines) is 1. The second-order valence-electron chi connectivity index (χ2n) is 5.80. The van der Waals surface area contributed by atoms with E-state index < -0.39 is 0 Å². The van der Waals surface area contributed by atoms with Crippen molar-refractivity contribution in [2.75, 3.05) is 39.9 Å². The molecule has 0 saturated carbocycles. The standard InChI is InChI=1S/C16H21BrN2O3.ClH/c1-18-9-11-3-2-4-19(10-11)16(20)12-7-13(17)15-14(8-12)21-5-6-22-15;/h7-8,11,18H,2-6,9-10H2,1H3;1H. The molecule has 0 bridgehead atoms. The molecule has 2 heterocycles. The molecule has 3 rings (SSSR count). The van der Waals surface area contributed by atoms with Crippen molar-refractivity contribution >= 4 is 34.2 Å². The van der Waals surface area contributed by atoms with Gasteiger partial charge in [0.1, 0.15) is 13.2 Å². The minimum atomic E-state index is 0. The highest BCUT2D eigenvalue weighted by Gasteiger charge is 2.26. The van der Waals surface area contributed by atoms with Gasteiger partial charge in [0.15, 0.2) is 11.5 Å². The zero-order valence-corrected chi connectivity index (χ0v) is 15.5. The molecule has 1 aromatic carbocycles. The van der Waals surface area contributed by atoms with Gasteiger partial charge in [-0.3, -0.25) is 4.79 Å². The number of piperidine rings is 1. The monoisotopic (exact) mass is 404 g/mol. The second-order valence-corrected chi connectivity index (χ2v) is 6.65. The summed E-state index contributed by atoms with van der Waals surface area (Å²) >= 11 is 3.48. The number of hydrogen-bond acceptors (Lipinski definition) is 4. The Balaban J connectivity index is 0.00000192. The van der Waals surface area contributed by atoms with E-state index in [-0.39, 0.29) is 18.3 Å². The summed E-state index contributed by atoms with van der Waals surface area (Å²) in [6.07, 6.45) is 2.24. The lowest BCUT2D eigenvalue weighted by Crippen LogP contribution is -2.42. The molecule has 1 unspecified atom stereocenters. The molecule has 2 aliphatic rings. The molecule has 2 aliphatic heterocycles. The van der Waals surface area contributed by atoms with Crippen molar-refractivity contribution in [3.05, 3.63) is 22.2 Å². The van der Waals surface area contributed by atoms with Gasteiger partial charge in [0.2, 0.25) is 0 Å². The maximum atomic E-state index is 12.8. The summed E-state index contributed by atoms with van der Waals surface area (Å²) in [5.41, 5.74) is 0.654. The summed E-state index contributed by atoms with van der Waals surface area (Å²) in [5.74, 6) is 1.93. The van der Waals surface area contributed by atoms with Crippen molar-refractivity contribution in [1.29, 1.82) is 0 Å². The number of amides is 1. The van der Waals surface area contributed by atoms with Crippen LogP contribution in [0.1, 0.15) is 23.2 Å². The molecule has 1 saturated heterocycles. The Morgan fingerprint density at radius 2 is 2.17 bits per heavy atom. The van der Waals surface area contributed by atoms with Gasteiger partial charge in [-0.1, -0.05) is 0 Å². The van der Waals surface area contributed by atoms with Crippen LogP contribution < -0.4 is 14.8 Å². The topological polar surface area (TPSA) is 50.8 Å². The third-order valence-electron chi connectivity index (χ3n) is 4.14. The van der Waals surface area contributed by atoms with Gasteiger partial charge in [-0.25, -0.2) is 0 Å². The lowest BCUT2D eigenvalue weighted by molar-refractivity contribution is 0.0673. The van der Waals surface area contributed by atoms with Crippen LogP contribution in [-0.2, 0) is 0 Å². The van der Waals surface area contributed by atoms with Crippen molar-refractivity contribution in [2.24, 2.45) is 5.92 Å². The molecule has 0 aromatic heterocycles. The summed E-state index contributed by atoms with van der Waals surface area (Å²) in [6.45, 7) is 3.65. The lowest BCUT2D eigenvalue weighted by Gasteiger charge is -2.33. The Hall–Kier alpha value is -0.980. The van der Waals surface area contributed by atoms with Gasteiger partial charge in [0, 0.05) is 18.7 Å². The van der Waals surface area contributed by atoms with Crippen molar-refractivity contribution in [3.8, 4) is 11.5 Å². The number of hydrogen-bond donors (Lipinski definition) is 1. The molecule has 128 valence electrons.